The highest BCUT2D eigenvalue weighted by Gasteiger charge is 2.22. The van der Waals surface area contributed by atoms with Gasteiger partial charge in [-0.2, -0.15) is 5.10 Å². The molecule has 0 bridgehead atoms. The molecule has 1 fully saturated rings. The fourth-order valence-corrected chi connectivity index (χ4v) is 4.33. The van der Waals surface area contributed by atoms with Crippen LogP contribution in [0.15, 0.2) is 59.1 Å². The highest BCUT2D eigenvalue weighted by molar-refractivity contribution is 9.10. The van der Waals surface area contributed by atoms with Gasteiger partial charge in [-0.3, -0.25) is 9.69 Å². The number of piperazine rings is 1. The van der Waals surface area contributed by atoms with Crippen LogP contribution in [-0.2, 0) is 0 Å². The quantitative estimate of drug-likeness (QED) is 0.561. The molecule has 4 rings (SSSR count). The number of aromatic nitrogens is 2. The van der Waals surface area contributed by atoms with E-state index in [1.54, 1.807) is 0 Å². The molecule has 7 heteroatoms. The molecule has 32 heavy (non-hydrogen) atoms. The van der Waals surface area contributed by atoms with Gasteiger partial charge in [0.2, 0.25) is 0 Å². The van der Waals surface area contributed by atoms with E-state index in [1.165, 1.54) is 0 Å². The zero-order valence-electron chi connectivity index (χ0n) is 18.9. The number of hydrogen-bond donors (Lipinski definition) is 1. The van der Waals surface area contributed by atoms with Gasteiger partial charge < -0.3 is 10.2 Å². The van der Waals surface area contributed by atoms with E-state index in [0.29, 0.717) is 5.56 Å². The number of benzene rings is 2. The summed E-state index contributed by atoms with van der Waals surface area (Å²) < 4.78 is 2.90. The van der Waals surface area contributed by atoms with Crippen LogP contribution in [0, 0.1) is 13.8 Å². The van der Waals surface area contributed by atoms with E-state index in [1.807, 2.05) is 61.0 Å². The van der Waals surface area contributed by atoms with Gasteiger partial charge in [0.05, 0.1) is 27.6 Å². The second-order valence-electron chi connectivity index (χ2n) is 8.48. The maximum Gasteiger partial charge on any atom is 0.251 e. The molecule has 0 saturated carbocycles. The van der Waals surface area contributed by atoms with Crippen LogP contribution in [0.3, 0.4) is 0 Å². The SMILES string of the molecule is Cc1nn(-c2ccc(C(=O)NC(CN3CCN(C)CC3)c3ccccc3)cc2)c(C)c1Br. The van der Waals surface area contributed by atoms with Crippen molar-refractivity contribution in [3.63, 3.8) is 0 Å². The molecule has 1 saturated heterocycles. The molecule has 2 heterocycles. The molecule has 2 aromatic carbocycles. The van der Waals surface area contributed by atoms with Crippen LogP contribution < -0.4 is 5.32 Å². The van der Waals surface area contributed by atoms with E-state index in [4.69, 9.17) is 0 Å². The summed E-state index contributed by atoms with van der Waals surface area (Å²) in [5.41, 5.74) is 4.69. The first-order valence-electron chi connectivity index (χ1n) is 11.0. The van der Waals surface area contributed by atoms with Gasteiger partial charge >= 0.3 is 0 Å². The first kappa shape index (κ1) is 22.7. The normalized spacial score (nSPS) is 16.1. The Morgan fingerprint density at radius 1 is 1.03 bits per heavy atom. The summed E-state index contributed by atoms with van der Waals surface area (Å²) in [6.45, 7) is 8.94. The molecule has 1 aliphatic rings. The van der Waals surface area contributed by atoms with Crippen molar-refractivity contribution in [2.24, 2.45) is 0 Å². The molecule has 1 N–H and O–H groups in total. The van der Waals surface area contributed by atoms with Crippen LogP contribution in [0.1, 0.15) is 33.4 Å². The average Bonchev–Trinajstić information content (AvgIpc) is 3.08. The number of amides is 1. The fourth-order valence-electron chi connectivity index (χ4n) is 4.08. The van der Waals surface area contributed by atoms with Gasteiger partial charge in [-0.25, -0.2) is 4.68 Å². The number of carbonyl (C=O) groups is 1. The minimum absolute atomic E-state index is 0.0567. The molecule has 6 nitrogen and oxygen atoms in total. The molecular formula is C25H30BrN5O. The second-order valence-corrected chi connectivity index (χ2v) is 9.28. The Morgan fingerprint density at radius 3 is 2.28 bits per heavy atom. The molecule has 0 radical (unpaired) electrons. The van der Waals surface area contributed by atoms with Gasteiger partial charge in [-0.05, 0) is 66.7 Å². The van der Waals surface area contributed by atoms with Gasteiger partial charge in [-0.15, -0.1) is 0 Å². The Bertz CT molecular complexity index is 1060. The third kappa shape index (κ3) is 5.11. The van der Waals surface area contributed by atoms with Crippen molar-refractivity contribution < 1.29 is 4.79 Å². The molecule has 168 valence electrons. The van der Waals surface area contributed by atoms with E-state index in [9.17, 15) is 4.79 Å². The van der Waals surface area contributed by atoms with E-state index in [-0.39, 0.29) is 11.9 Å². The summed E-state index contributed by atoms with van der Waals surface area (Å²) in [6.07, 6.45) is 0. The Hall–Kier alpha value is -2.48. The summed E-state index contributed by atoms with van der Waals surface area (Å²) in [4.78, 5) is 17.9. The molecule has 3 aromatic rings. The largest absolute Gasteiger partial charge is 0.344 e. The van der Waals surface area contributed by atoms with Crippen molar-refractivity contribution in [1.82, 2.24) is 24.9 Å². The molecule has 0 spiro atoms. The van der Waals surface area contributed by atoms with Gasteiger partial charge in [0.1, 0.15) is 0 Å². The Kier molecular flexibility index (Phi) is 7.08. The van der Waals surface area contributed by atoms with Crippen LogP contribution in [0.25, 0.3) is 5.69 Å². The minimum Gasteiger partial charge on any atom is -0.344 e. The van der Waals surface area contributed by atoms with Crippen molar-refractivity contribution in [3.8, 4) is 5.69 Å². The Morgan fingerprint density at radius 2 is 1.69 bits per heavy atom. The number of likely N-dealkylation sites (N-methyl/N-ethyl adjacent to an activating group) is 1. The van der Waals surface area contributed by atoms with E-state index in [0.717, 1.165) is 59.8 Å². The average molecular weight is 496 g/mol. The summed E-state index contributed by atoms with van der Waals surface area (Å²) in [6, 6.07) is 17.8. The van der Waals surface area contributed by atoms with Gasteiger partial charge in [0, 0.05) is 38.3 Å². The van der Waals surface area contributed by atoms with Crippen LogP contribution in [0.2, 0.25) is 0 Å². The number of hydrogen-bond acceptors (Lipinski definition) is 4. The van der Waals surface area contributed by atoms with Crippen LogP contribution in [-0.4, -0.2) is 65.3 Å². The third-order valence-corrected chi connectivity index (χ3v) is 7.27. The Labute approximate surface area is 198 Å². The summed E-state index contributed by atoms with van der Waals surface area (Å²) >= 11 is 3.57. The van der Waals surface area contributed by atoms with Gasteiger partial charge in [-0.1, -0.05) is 30.3 Å². The molecule has 0 aliphatic carbocycles. The standard InChI is InChI=1S/C25H30BrN5O/c1-18-24(26)19(2)31(28-18)22-11-9-21(10-12-22)25(32)27-23(20-7-5-4-6-8-20)17-30-15-13-29(3)14-16-30/h4-12,23H,13-17H2,1-3H3,(H,27,32). The molecule has 1 unspecified atom stereocenters. The van der Waals surface area contributed by atoms with Crippen molar-refractivity contribution in [3.05, 3.63) is 81.6 Å². The lowest BCUT2D eigenvalue weighted by Gasteiger charge is -2.35. The van der Waals surface area contributed by atoms with Crippen LogP contribution >= 0.6 is 15.9 Å². The van der Waals surface area contributed by atoms with Crippen molar-refractivity contribution >= 4 is 21.8 Å². The lowest BCUT2D eigenvalue weighted by atomic mass is 10.0. The molecule has 1 amide bonds. The number of aryl methyl sites for hydroxylation is 1. The number of carbonyl (C=O) groups excluding carboxylic acids is 1. The highest BCUT2D eigenvalue weighted by atomic mass is 79.9. The van der Waals surface area contributed by atoms with Gasteiger partial charge in [0.25, 0.3) is 5.91 Å². The topological polar surface area (TPSA) is 53.4 Å². The number of nitrogens with zero attached hydrogens (tertiary/aromatic N) is 4. The molecular weight excluding hydrogens is 466 g/mol. The van der Waals surface area contributed by atoms with Crippen molar-refractivity contribution in [2.75, 3.05) is 39.8 Å². The second kappa shape index (κ2) is 9.98. The maximum atomic E-state index is 13.1. The number of rotatable bonds is 6. The summed E-state index contributed by atoms with van der Waals surface area (Å²) in [7, 11) is 2.15. The molecule has 1 aromatic heterocycles. The first-order chi connectivity index (χ1) is 15.4. The van der Waals surface area contributed by atoms with E-state index in [2.05, 4.69) is 55.3 Å². The van der Waals surface area contributed by atoms with Crippen LogP contribution in [0.5, 0.6) is 0 Å². The summed E-state index contributed by atoms with van der Waals surface area (Å²) in [5.74, 6) is -0.0610. The smallest absolute Gasteiger partial charge is 0.251 e. The molecule has 1 atom stereocenters. The highest BCUT2D eigenvalue weighted by Crippen LogP contribution is 2.23. The van der Waals surface area contributed by atoms with Gasteiger partial charge in [0.15, 0.2) is 0 Å². The zero-order valence-corrected chi connectivity index (χ0v) is 20.5. The summed E-state index contributed by atoms with van der Waals surface area (Å²) in [5, 5.41) is 7.84. The predicted octanol–water partition coefficient (Wildman–Crippen LogP) is 3.97. The van der Waals surface area contributed by atoms with Crippen molar-refractivity contribution in [1.29, 1.82) is 0 Å². The lowest BCUT2D eigenvalue weighted by molar-refractivity contribution is 0.0907. The number of halogens is 1. The van der Waals surface area contributed by atoms with Crippen LogP contribution in [0.4, 0.5) is 0 Å². The maximum absolute atomic E-state index is 13.1. The monoisotopic (exact) mass is 495 g/mol. The predicted molar refractivity (Wildman–Crippen MR) is 131 cm³/mol. The third-order valence-electron chi connectivity index (χ3n) is 6.12. The zero-order chi connectivity index (χ0) is 22.7. The van der Waals surface area contributed by atoms with E-state index >= 15 is 0 Å². The number of nitrogens with one attached hydrogen (secondary N) is 1. The first-order valence-corrected chi connectivity index (χ1v) is 11.8. The van der Waals surface area contributed by atoms with Crippen molar-refractivity contribution in [2.45, 2.75) is 19.9 Å². The lowest BCUT2D eigenvalue weighted by Crippen LogP contribution is -2.47. The Balaban J connectivity index is 1.49. The molecule has 1 aliphatic heterocycles. The fraction of sp³-hybridized carbons (Fsp3) is 0.360. The minimum atomic E-state index is -0.0610. The van der Waals surface area contributed by atoms with E-state index < -0.39 is 0 Å².